The molecule has 1 aliphatic carbocycles. The molecule has 3 rings (SSSR count). The van der Waals surface area contributed by atoms with Crippen molar-refractivity contribution in [2.24, 2.45) is 0 Å². The van der Waals surface area contributed by atoms with Crippen molar-refractivity contribution in [1.82, 2.24) is 5.32 Å². The minimum atomic E-state index is -0.551. The van der Waals surface area contributed by atoms with Gasteiger partial charge in [-0.15, -0.1) is 0 Å². The molecular formula is C20H24N2O3. The Morgan fingerprint density at radius 1 is 1.28 bits per heavy atom. The van der Waals surface area contributed by atoms with Crippen molar-refractivity contribution in [3.63, 3.8) is 0 Å². The Morgan fingerprint density at radius 3 is 2.84 bits per heavy atom. The summed E-state index contributed by atoms with van der Waals surface area (Å²) in [6, 6.07) is 13.7. The van der Waals surface area contributed by atoms with Gasteiger partial charge in [-0.2, -0.15) is 0 Å². The highest BCUT2D eigenvalue weighted by atomic mass is 16.5. The molecule has 0 aliphatic heterocycles. The standard InChI is InChI=1S/C20H24N2O3/c1-14-7-8-18(25-2)17(11-14)22-19(24)12-21-20(13-23)10-9-15-5-3-4-6-16(15)20/h3-8,11,21,23H,9-10,12-13H2,1-2H3,(H,22,24). The van der Waals surface area contributed by atoms with Crippen molar-refractivity contribution in [1.29, 1.82) is 0 Å². The number of hydrogen-bond acceptors (Lipinski definition) is 4. The maximum absolute atomic E-state index is 12.4. The summed E-state index contributed by atoms with van der Waals surface area (Å²) in [4.78, 5) is 12.4. The lowest BCUT2D eigenvalue weighted by Crippen LogP contribution is -2.47. The number of amides is 1. The first kappa shape index (κ1) is 17.5. The minimum Gasteiger partial charge on any atom is -0.495 e. The lowest BCUT2D eigenvalue weighted by molar-refractivity contribution is -0.115. The first-order valence-electron chi connectivity index (χ1n) is 8.47. The monoisotopic (exact) mass is 340 g/mol. The normalized spacial score (nSPS) is 18.7. The van der Waals surface area contributed by atoms with E-state index in [0.717, 1.165) is 24.0 Å². The first-order valence-corrected chi connectivity index (χ1v) is 8.47. The third-order valence-corrected chi connectivity index (χ3v) is 4.84. The van der Waals surface area contributed by atoms with E-state index < -0.39 is 5.54 Å². The number of aryl methyl sites for hydroxylation is 2. The molecule has 5 nitrogen and oxygen atoms in total. The molecule has 2 aromatic carbocycles. The van der Waals surface area contributed by atoms with Crippen LogP contribution in [0.2, 0.25) is 0 Å². The molecule has 1 aliphatic rings. The number of hydrogen-bond donors (Lipinski definition) is 3. The zero-order valence-corrected chi connectivity index (χ0v) is 14.6. The van der Waals surface area contributed by atoms with Gasteiger partial charge in [0, 0.05) is 0 Å². The predicted octanol–water partition coefficient (Wildman–Crippen LogP) is 2.37. The van der Waals surface area contributed by atoms with Crippen molar-refractivity contribution in [3.05, 3.63) is 59.2 Å². The molecule has 132 valence electrons. The molecule has 1 amide bonds. The maximum atomic E-state index is 12.4. The Morgan fingerprint density at radius 2 is 2.08 bits per heavy atom. The molecule has 2 aromatic rings. The second-order valence-corrected chi connectivity index (χ2v) is 6.50. The van der Waals surface area contributed by atoms with Crippen LogP contribution in [0.1, 0.15) is 23.1 Å². The Bertz CT molecular complexity index is 775. The van der Waals surface area contributed by atoms with E-state index in [1.807, 2.05) is 43.3 Å². The van der Waals surface area contributed by atoms with Crippen LogP contribution in [0.25, 0.3) is 0 Å². The molecule has 25 heavy (non-hydrogen) atoms. The van der Waals surface area contributed by atoms with Gasteiger partial charge < -0.3 is 15.2 Å². The molecule has 5 heteroatoms. The van der Waals surface area contributed by atoms with Crippen LogP contribution in [-0.4, -0.2) is 31.3 Å². The molecular weight excluding hydrogens is 316 g/mol. The van der Waals surface area contributed by atoms with Crippen LogP contribution in [0.3, 0.4) is 0 Å². The number of methoxy groups -OCH3 is 1. The van der Waals surface area contributed by atoms with Crippen LogP contribution >= 0.6 is 0 Å². The van der Waals surface area contributed by atoms with Crippen molar-refractivity contribution >= 4 is 11.6 Å². The van der Waals surface area contributed by atoms with Crippen LogP contribution in [0, 0.1) is 6.92 Å². The number of ether oxygens (including phenoxy) is 1. The zero-order chi connectivity index (χ0) is 17.9. The molecule has 1 unspecified atom stereocenters. The maximum Gasteiger partial charge on any atom is 0.238 e. The van der Waals surface area contributed by atoms with Gasteiger partial charge in [-0.1, -0.05) is 30.3 Å². The van der Waals surface area contributed by atoms with Crippen molar-refractivity contribution in [2.45, 2.75) is 25.3 Å². The van der Waals surface area contributed by atoms with Crippen LogP contribution in [0.15, 0.2) is 42.5 Å². The average molecular weight is 340 g/mol. The third-order valence-electron chi connectivity index (χ3n) is 4.84. The second kappa shape index (κ2) is 7.25. The van der Waals surface area contributed by atoms with Gasteiger partial charge in [0.1, 0.15) is 5.75 Å². The number of anilines is 1. The van der Waals surface area contributed by atoms with Gasteiger partial charge in [0.05, 0.1) is 31.5 Å². The summed E-state index contributed by atoms with van der Waals surface area (Å²) in [5.41, 5.74) is 3.45. The molecule has 1 atom stereocenters. The molecule has 0 fully saturated rings. The Hall–Kier alpha value is -2.37. The lowest BCUT2D eigenvalue weighted by atomic mass is 9.92. The summed E-state index contributed by atoms with van der Waals surface area (Å²) in [7, 11) is 1.58. The van der Waals surface area contributed by atoms with Crippen LogP contribution < -0.4 is 15.4 Å². The van der Waals surface area contributed by atoms with Crippen LogP contribution in [-0.2, 0) is 16.8 Å². The van der Waals surface area contributed by atoms with Crippen molar-refractivity contribution < 1.29 is 14.6 Å². The van der Waals surface area contributed by atoms with E-state index in [1.54, 1.807) is 7.11 Å². The highest BCUT2D eigenvalue weighted by molar-refractivity contribution is 5.93. The second-order valence-electron chi connectivity index (χ2n) is 6.50. The molecule has 0 saturated carbocycles. The predicted molar refractivity (Wildman–Crippen MR) is 97.9 cm³/mol. The van der Waals surface area contributed by atoms with Gasteiger partial charge in [0.25, 0.3) is 0 Å². The first-order chi connectivity index (χ1) is 12.1. The Balaban J connectivity index is 1.69. The number of benzene rings is 2. The van der Waals surface area contributed by atoms with E-state index in [1.165, 1.54) is 5.56 Å². The molecule has 0 spiro atoms. The summed E-state index contributed by atoms with van der Waals surface area (Å²) in [5.74, 6) is 0.461. The Kier molecular flexibility index (Phi) is 5.06. The van der Waals surface area contributed by atoms with Gasteiger partial charge in [-0.05, 0) is 48.6 Å². The van der Waals surface area contributed by atoms with E-state index in [4.69, 9.17) is 4.74 Å². The van der Waals surface area contributed by atoms with Crippen molar-refractivity contribution in [2.75, 3.05) is 25.6 Å². The molecule has 3 N–H and O–H groups in total. The quantitative estimate of drug-likeness (QED) is 0.755. The van der Waals surface area contributed by atoms with Gasteiger partial charge in [0.15, 0.2) is 0 Å². The number of rotatable bonds is 6. The summed E-state index contributed by atoms with van der Waals surface area (Å²) in [5, 5.41) is 16.1. The number of fused-ring (bicyclic) bond motifs is 1. The molecule has 0 aromatic heterocycles. The average Bonchev–Trinajstić information content (AvgIpc) is 3.00. The number of aliphatic hydroxyl groups excluding tert-OH is 1. The smallest absolute Gasteiger partial charge is 0.238 e. The van der Waals surface area contributed by atoms with E-state index >= 15 is 0 Å². The number of aliphatic hydroxyl groups is 1. The number of carbonyl (C=O) groups excluding carboxylic acids is 1. The van der Waals surface area contributed by atoms with Crippen LogP contribution in [0.4, 0.5) is 5.69 Å². The summed E-state index contributed by atoms with van der Waals surface area (Å²) in [6.45, 7) is 2.04. The van der Waals surface area contributed by atoms with Gasteiger partial charge in [0.2, 0.25) is 5.91 Å². The van der Waals surface area contributed by atoms with Gasteiger partial charge in [-0.3, -0.25) is 10.1 Å². The highest BCUT2D eigenvalue weighted by Gasteiger charge is 2.37. The fourth-order valence-corrected chi connectivity index (χ4v) is 3.46. The number of carbonyl (C=O) groups is 1. The van der Waals surface area contributed by atoms with Gasteiger partial charge >= 0.3 is 0 Å². The molecule has 0 saturated heterocycles. The lowest BCUT2D eigenvalue weighted by Gasteiger charge is -2.29. The minimum absolute atomic E-state index is 0.0366. The topological polar surface area (TPSA) is 70.6 Å². The third kappa shape index (κ3) is 3.52. The van der Waals surface area contributed by atoms with Crippen molar-refractivity contribution in [3.8, 4) is 5.75 Å². The summed E-state index contributed by atoms with van der Waals surface area (Å²) < 4.78 is 5.29. The highest BCUT2D eigenvalue weighted by Crippen LogP contribution is 2.36. The SMILES string of the molecule is COc1ccc(C)cc1NC(=O)CNC1(CO)CCc2ccccc21. The van der Waals surface area contributed by atoms with E-state index in [0.29, 0.717) is 11.4 Å². The summed E-state index contributed by atoms with van der Waals surface area (Å²) >= 11 is 0. The van der Waals surface area contributed by atoms with Gasteiger partial charge in [-0.25, -0.2) is 0 Å². The molecule has 0 radical (unpaired) electrons. The Labute approximate surface area is 148 Å². The summed E-state index contributed by atoms with van der Waals surface area (Å²) in [6.07, 6.45) is 1.68. The number of nitrogens with one attached hydrogen (secondary N) is 2. The fourth-order valence-electron chi connectivity index (χ4n) is 3.46. The van der Waals surface area contributed by atoms with Crippen LogP contribution in [0.5, 0.6) is 5.75 Å². The molecule has 0 heterocycles. The fraction of sp³-hybridized carbons (Fsp3) is 0.350. The largest absolute Gasteiger partial charge is 0.495 e. The zero-order valence-electron chi connectivity index (χ0n) is 14.6. The van der Waals surface area contributed by atoms with E-state index in [2.05, 4.69) is 16.7 Å². The van der Waals surface area contributed by atoms with E-state index in [-0.39, 0.29) is 19.1 Å². The molecule has 0 bridgehead atoms. The van der Waals surface area contributed by atoms with E-state index in [9.17, 15) is 9.90 Å².